The second-order valence-corrected chi connectivity index (χ2v) is 7.63. The van der Waals surface area contributed by atoms with Crippen LogP contribution in [0, 0.1) is 12.8 Å². The van der Waals surface area contributed by atoms with Crippen LogP contribution >= 0.6 is 0 Å². The molecule has 0 aromatic heterocycles. The molecule has 21 heavy (non-hydrogen) atoms. The Hall–Kier alpha value is -0.950. The summed E-state index contributed by atoms with van der Waals surface area (Å²) >= 11 is 0. The number of nitrogens with zero attached hydrogens (tertiary/aromatic N) is 1. The molecule has 1 aliphatic rings. The highest BCUT2D eigenvalue weighted by molar-refractivity contribution is 7.89. The van der Waals surface area contributed by atoms with Gasteiger partial charge in [-0.25, -0.2) is 8.42 Å². The van der Waals surface area contributed by atoms with Crippen molar-refractivity contribution in [1.82, 2.24) is 4.31 Å². The van der Waals surface area contributed by atoms with Crippen molar-refractivity contribution in [2.75, 3.05) is 20.2 Å². The molecular weight excluding hydrogens is 288 g/mol. The molecule has 0 bridgehead atoms. The summed E-state index contributed by atoms with van der Waals surface area (Å²) < 4.78 is 32.5. The number of nitrogens with two attached hydrogens (primary N) is 1. The van der Waals surface area contributed by atoms with Crippen LogP contribution in [0.2, 0.25) is 0 Å². The van der Waals surface area contributed by atoms with E-state index in [1.54, 1.807) is 19.2 Å². The molecule has 2 unspecified atom stereocenters. The smallest absolute Gasteiger partial charge is 0.243 e. The number of hydrogen-bond acceptors (Lipinski definition) is 4. The van der Waals surface area contributed by atoms with E-state index in [4.69, 9.17) is 10.5 Å². The van der Waals surface area contributed by atoms with Gasteiger partial charge in [0, 0.05) is 26.7 Å². The van der Waals surface area contributed by atoms with Gasteiger partial charge < -0.3 is 10.5 Å². The van der Waals surface area contributed by atoms with E-state index < -0.39 is 10.0 Å². The summed E-state index contributed by atoms with van der Waals surface area (Å²) in [6.45, 7) is 5.31. The predicted octanol–water partition coefficient (Wildman–Crippen LogP) is 1.50. The highest BCUT2D eigenvalue weighted by Gasteiger charge is 2.33. The van der Waals surface area contributed by atoms with E-state index in [0.29, 0.717) is 30.4 Å². The van der Waals surface area contributed by atoms with E-state index in [0.717, 1.165) is 17.5 Å². The molecule has 2 rings (SSSR count). The quantitative estimate of drug-likeness (QED) is 0.914. The maximum atomic E-state index is 12.8. The number of aryl methyl sites for hydroxylation is 1. The molecule has 0 radical (unpaired) electrons. The van der Waals surface area contributed by atoms with Gasteiger partial charge in [0.05, 0.1) is 11.0 Å². The molecule has 118 valence electrons. The zero-order valence-electron chi connectivity index (χ0n) is 12.9. The highest BCUT2D eigenvalue weighted by Crippen LogP contribution is 2.26. The molecule has 0 aliphatic carbocycles. The minimum absolute atomic E-state index is 0.0482. The van der Waals surface area contributed by atoms with Gasteiger partial charge in [-0.15, -0.1) is 0 Å². The Kier molecular flexibility index (Phi) is 5.03. The van der Waals surface area contributed by atoms with Gasteiger partial charge in [-0.1, -0.05) is 13.0 Å². The SMILES string of the molecule is COC1CN(S(=O)(=O)c2ccc(C)c(CN)c2)CCC1C. The molecule has 0 amide bonds. The van der Waals surface area contributed by atoms with Crippen molar-refractivity contribution in [1.29, 1.82) is 0 Å². The van der Waals surface area contributed by atoms with E-state index in [1.165, 1.54) is 4.31 Å². The van der Waals surface area contributed by atoms with Gasteiger partial charge in [0.1, 0.15) is 0 Å². The standard InChI is InChI=1S/C15H24N2O3S/c1-11-4-5-14(8-13(11)9-16)21(18,19)17-7-6-12(2)15(10-17)20-3/h4-5,8,12,15H,6-7,9-10,16H2,1-3H3. The molecule has 0 spiro atoms. The maximum absolute atomic E-state index is 12.8. The minimum Gasteiger partial charge on any atom is -0.380 e. The third-order valence-electron chi connectivity index (χ3n) is 4.33. The number of sulfonamides is 1. The molecule has 1 heterocycles. The lowest BCUT2D eigenvalue weighted by Gasteiger charge is -2.35. The molecule has 2 atom stereocenters. The number of ether oxygens (including phenoxy) is 1. The second-order valence-electron chi connectivity index (χ2n) is 5.70. The molecule has 1 aliphatic heterocycles. The van der Waals surface area contributed by atoms with Crippen molar-refractivity contribution < 1.29 is 13.2 Å². The molecular formula is C15H24N2O3S. The van der Waals surface area contributed by atoms with Crippen LogP contribution in [0.5, 0.6) is 0 Å². The van der Waals surface area contributed by atoms with Gasteiger partial charge in [0.2, 0.25) is 10.0 Å². The first-order chi connectivity index (χ1) is 9.90. The topological polar surface area (TPSA) is 72.6 Å². The fourth-order valence-electron chi connectivity index (χ4n) is 2.71. The van der Waals surface area contributed by atoms with Gasteiger partial charge in [-0.2, -0.15) is 4.31 Å². The fourth-order valence-corrected chi connectivity index (χ4v) is 4.23. The molecule has 5 nitrogen and oxygen atoms in total. The summed E-state index contributed by atoms with van der Waals surface area (Å²) in [7, 11) is -1.85. The third kappa shape index (κ3) is 3.29. The molecule has 1 aromatic carbocycles. The molecule has 2 N–H and O–H groups in total. The third-order valence-corrected chi connectivity index (χ3v) is 6.19. The number of benzene rings is 1. The number of methoxy groups -OCH3 is 1. The largest absolute Gasteiger partial charge is 0.380 e. The number of piperidine rings is 1. The summed E-state index contributed by atoms with van der Waals surface area (Å²) in [6, 6.07) is 5.16. The summed E-state index contributed by atoms with van der Waals surface area (Å²) in [5.74, 6) is 0.374. The Balaban J connectivity index is 2.30. The van der Waals surface area contributed by atoms with Crippen LogP contribution in [0.1, 0.15) is 24.5 Å². The summed E-state index contributed by atoms with van der Waals surface area (Å²) in [5.41, 5.74) is 7.55. The Morgan fingerprint density at radius 2 is 2.14 bits per heavy atom. The van der Waals surface area contributed by atoms with Gasteiger partial charge >= 0.3 is 0 Å². The van der Waals surface area contributed by atoms with Gasteiger partial charge in [-0.05, 0) is 42.5 Å². The van der Waals surface area contributed by atoms with Crippen LogP contribution in [0.15, 0.2) is 23.1 Å². The lowest BCUT2D eigenvalue weighted by molar-refractivity contribution is 0.0184. The molecule has 1 saturated heterocycles. The maximum Gasteiger partial charge on any atom is 0.243 e. The zero-order valence-corrected chi connectivity index (χ0v) is 13.7. The predicted molar refractivity (Wildman–Crippen MR) is 82.4 cm³/mol. The first-order valence-electron chi connectivity index (χ1n) is 7.22. The van der Waals surface area contributed by atoms with Crippen LogP contribution in [-0.4, -0.2) is 39.0 Å². The normalized spacial score (nSPS) is 24.2. The van der Waals surface area contributed by atoms with Gasteiger partial charge in [0.15, 0.2) is 0 Å². The average molecular weight is 312 g/mol. The van der Waals surface area contributed by atoms with Crippen LogP contribution in [0.3, 0.4) is 0 Å². The lowest BCUT2D eigenvalue weighted by atomic mass is 9.97. The van der Waals surface area contributed by atoms with E-state index in [9.17, 15) is 8.42 Å². The average Bonchev–Trinajstić information content (AvgIpc) is 2.47. The zero-order chi connectivity index (χ0) is 15.6. The van der Waals surface area contributed by atoms with E-state index in [-0.39, 0.29) is 6.10 Å². The van der Waals surface area contributed by atoms with Crippen molar-refractivity contribution in [2.45, 2.75) is 37.8 Å². The van der Waals surface area contributed by atoms with Crippen LogP contribution in [0.4, 0.5) is 0 Å². The summed E-state index contributed by atoms with van der Waals surface area (Å²) in [6.07, 6.45) is 0.765. The van der Waals surface area contributed by atoms with E-state index >= 15 is 0 Å². The van der Waals surface area contributed by atoms with Crippen molar-refractivity contribution in [3.8, 4) is 0 Å². The molecule has 0 saturated carbocycles. The monoisotopic (exact) mass is 312 g/mol. The Bertz CT molecular complexity index is 601. The Morgan fingerprint density at radius 3 is 2.76 bits per heavy atom. The summed E-state index contributed by atoms with van der Waals surface area (Å²) in [4.78, 5) is 0.318. The molecule has 1 aromatic rings. The van der Waals surface area contributed by atoms with E-state index in [1.807, 2.05) is 13.0 Å². The van der Waals surface area contributed by atoms with Crippen LogP contribution in [0.25, 0.3) is 0 Å². The summed E-state index contributed by atoms with van der Waals surface area (Å²) in [5, 5.41) is 0. The van der Waals surface area contributed by atoms with Crippen molar-refractivity contribution in [3.63, 3.8) is 0 Å². The van der Waals surface area contributed by atoms with E-state index in [2.05, 4.69) is 6.92 Å². The minimum atomic E-state index is -3.48. The number of rotatable bonds is 4. The Morgan fingerprint density at radius 1 is 1.43 bits per heavy atom. The molecule has 1 fully saturated rings. The lowest BCUT2D eigenvalue weighted by Crippen LogP contribution is -2.46. The van der Waals surface area contributed by atoms with Crippen LogP contribution < -0.4 is 5.73 Å². The van der Waals surface area contributed by atoms with Gasteiger partial charge in [-0.3, -0.25) is 0 Å². The van der Waals surface area contributed by atoms with Crippen molar-refractivity contribution in [2.24, 2.45) is 11.7 Å². The first-order valence-corrected chi connectivity index (χ1v) is 8.66. The number of hydrogen-bond donors (Lipinski definition) is 1. The van der Waals surface area contributed by atoms with Gasteiger partial charge in [0.25, 0.3) is 0 Å². The second kappa shape index (κ2) is 6.44. The van der Waals surface area contributed by atoms with Crippen molar-refractivity contribution in [3.05, 3.63) is 29.3 Å². The molecule has 6 heteroatoms. The van der Waals surface area contributed by atoms with Crippen molar-refractivity contribution >= 4 is 10.0 Å². The van der Waals surface area contributed by atoms with Crippen LogP contribution in [-0.2, 0) is 21.3 Å². The Labute approximate surface area is 127 Å². The first kappa shape index (κ1) is 16.4. The fraction of sp³-hybridized carbons (Fsp3) is 0.600. The highest BCUT2D eigenvalue weighted by atomic mass is 32.2.